The number of amides is 3. The Kier molecular flexibility index (Phi) is 6.16. The second-order valence-electron chi connectivity index (χ2n) is 5.13. The van der Waals surface area contributed by atoms with E-state index in [1.807, 2.05) is 12.1 Å². The number of ether oxygens (including phenoxy) is 2. The summed E-state index contributed by atoms with van der Waals surface area (Å²) in [5.74, 6) is 0.468. The molecule has 1 saturated heterocycles. The van der Waals surface area contributed by atoms with E-state index in [2.05, 4.69) is 10.3 Å². The molecule has 1 N–H and O–H groups in total. The van der Waals surface area contributed by atoms with Crippen molar-refractivity contribution in [1.29, 1.82) is 0 Å². The third-order valence-corrected chi connectivity index (χ3v) is 3.60. The van der Waals surface area contributed by atoms with Crippen LogP contribution in [0.1, 0.15) is 5.69 Å². The van der Waals surface area contributed by atoms with Crippen LogP contribution in [-0.2, 0) is 16.1 Å². The summed E-state index contributed by atoms with van der Waals surface area (Å²) in [6.45, 7) is 2.46. The van der Waals surface area contributed by atoms with Gasteiger partial charge in [0.1, 0.15) is 6.61 Å². The highest BCUT2D eigenvalue weighted by atomic mass is 16.5. The molecule has 8 heteroatoms. The van der Waals surface area contributed by atoms with Crippen molar-refractivity contribution >= 4 is 11.9 Å². The second-order valence-corrected chi connectivity index (χ2v) is 5.13. The van der Waals surface area contributed by atoms with E-state index in [0.717, 1.165) is 5.69 Å². The number of methoxy groups -OCH3 is 2. The SMILES string of the molecule is COCC(=O)N1CCN(C(=O)NCc2cccc(OC)n2)CC1. The van der Waals surface area contributed by atoms with E-state index in [1.54, 1.807) is 23.0 Å². The molecule has 3 amide bonds. The number of carbonyl (C=O) groups excluding carboxylic acids is 2. The molecular weight excluding hydrogens is 300 g/mol. The lowest BCUT2D eigenvalue weighted by Gasteiger charge is -2.34. The molecule has 23 heavy (non-hydrogen) atoms. The molecule has 1 aromatic heterocycles. The number of aromatic nitrogens is 1. The average Bonchev–Trinajstić information content (AvgIpc) is 2.60. The summed E-state index contributed by atoms with van der Waals surface area (Å²) in [5.41, 5.74) is 0.728. The Morgan fingerprint density at radius 1 is 1.17 bits per heavy atom. The molecule has 2 rings (SSSR count). The van der Waals surface area contributed by atoms with E-state index in [1.165, 1.54) is 7.11 Å². The Balaban J connectivity index is 1.77. The second kappa shape index (κ2) is 8.33. The van der Waals surface area contributed by atoms with E-state index in [-0.39, 0.29) is 18.5 Å². The molecule has 1 aliphatic heterocycles. The number of rotatable bonds is 5. The highest BCUT2D eigenvalue weighted by Gasteiger charge is 2.23. The quantitative estimate of drug-likeness (QED) is 0.830. The van der Waals surface area contributed by atoms with Gasteiger partial charge in [-0.05, 0) is 6.07 Å². The molecular formula is C15H22N4O4. The van der Waals surface area contributed by atoms with Gasteiger partial charge in [0.15, 0.2) is 0 Å². The number of carbonyl (C=O) groups is 2. The van der Waals surface area contributed by atoms with E-state index >= 15 is 0 Å². The third-order valence-electron chi connectivity index (χ3n) is 3.60. The van der Waals surface area contributed by atoms with Gasteiger partial charge in [-0.1, -0.05) is 6.07 Å². The number of hydrogen-bond donors (Lipinski definition) is 1. The van der Waals surface area contributed by atoms with Gasteiger partial charge in [0, 0.05) is 39.4 Å². The van der Waals surface area contributed by atoms with Crippen LogP contribution in [0.2, 0.25) is 0 Å². The topological polar surface area (TPSA) is 84.0 Å². The maximum absolute atomic E-state index is 12.2. The van der Waals surface area contributed by atoms with E-state index in [0.29, 0.717) is 38.6 Å². The van der Waals surface area contributed by atoms with Crippen LogP contribution in [0.25, 0.3) is 0 Å². The lowest BCUT2D eigenvalue weighted by Crippen LogP contribution is -2.53. The number of nitrogens with one attached hydrogen (secondary N) is 1. The summed E-state index contributed by atoms with van der Waals surface area (Å²) in [7, 11) is 3.04. The summed E-state index contributed by atoms with van der Waals surface area (Å²) in [5, 5.41) is 2.83. The fraction of sp³-hybridized carbons (Fsp3) is 0.533. The lowest BCUT2D eigenvalue weighted by atomic mass is 10.3. The fourth-order valence-electron chi connectivity index (χ4n) is 2.32. The standard InChI is InChI=1S/C15H22N4O4/c1-22-11-14(20)18-6-8-19(9-7-18)15(21)16-10-12-4-3-5-13(17-12)23-2/h3-5H,6-11H2,1-2H3,(H,16,21). The van der Waals surface area contributed by atoms with Gasteiger partial charge in [0.25, 0.3) is 0 Å². The minimum atomic E-state index is -0.159. The van der Waals surface area contributed by atoms with Gasteiger partial charge < -0.3 is 24.6 Å². The largest absolute Gasteiger partial charge is 0.481 e. The molecule has 1 aromatic rings. The highest BCUT2D eigenvalue weighted by molar-refractivity contribution is 5.78. The van der Waals surface area contributed by atoms with Crippen molar-refractivity contribution in [1.82, 2.24) is 20.1 Å². The van der Waals surface area contributed by atoms with Gasteiger partial charge in [0.2, 0.25) is 11.8 Å². The molecule has 0 radical (unpaired) electrons. The highest BCUT2D eigenvalue weighted by Crippen LogP contribution is 2.07. The Morgan fingerprint density at radius 3 is 2.52 bits per heavy atom. The van der Waals surface area contributed by atoms with Crippen molar-refractivity contribution in [3.05, 3.63) is 23.9 Å². The van der Waals surface area contributed by atoms with Crippen molar-refractivity contribution in [3.63, 3.8) is 0 Å². The molecule has 1 aliphatic rings. The van der Waals surface area contributed by atoms with Crippen LogP contribution in [0.4, 0.5) is 4.79 Å². The van der Waals surface area contributed by atoms with Crippen LogP contribution in [0, 0.1) is 0 Å². The van der Waals surface area contributed by atoms with Crippen LogP contribution in [0.5, 0.6) is 5.88 Å². The summed E-state index contributed by atoms with van der Waals surface area (Å²) in [4.78, 5) is 31.5. The van der Waals surface area contributed by atoms with Crippen LogP contribution < -0.4 is 10.1 Å². The number of piperazine rings is 1. The first kappa shape index (κ1) is 17.0. The Hall–Kier alpha value is -2.35. The molecule has 126 valence electrons. The molecule has 0 bridgehead atoms. The van der Waals surface area contributed by atoms with Crippen molar-refractivity contribution < 1.29 is 19.1 Å². The Morgan fingerprint density at radius 2 is 1.87 bits per heavy atom. The zero-order valence-corrected chi connectivity index (χ0v) is 13.4. The first-order valence-electron chi connectivity index (χ1n) is 7.43. The zero-order chi connectivity index (χ0) is 16.7. The van der Waals surface area contributed by atoms with Crippen molar-refractivity contribution in [2.24, 2.45) is 0 Å². The molecule has 1 fully saturated rings. The summed E-state index contributed by atoms with van der Waals surface area (Å²) in [6, 6.07) is 5.24. The Labute approximate surface area is 135 Å². The average molecular weight is 322 g/mol. The molecule has 0 aliphatic carbocycles. The summed E-state index contributed by atoms with van der Waals surface area (Å²) >= 11 is 0. The van der Waals surface area contributed by atoms with Gasteiger partial charge in [-0.25, -0.2) is 9.78 Å². The van der Waals surface area contributed by atoms with E-state index < -0.39 is 0 Å². The number of pyridine rings is 1. The maximum atomic E-state index is 12.2. The normalized spacial score (nSPS) is 14.5. The smallest absolute Gasteiger partial charge is 0.317 e. The number of nitrogens with zero attached hydrogens (tertiary/aromatic N) is 3. The van der Waals surface area contributed by atoms with Crippen LogP contribution in [0.3, 0.4) is 0 Å². The van der Waals surface area contributed by atoms with E-state index in [4.69, 9.17) is 9.47 Å². The summed E-state index contributed by atoms with van der Waals surface area (Å²) < 4.78 is 9.89. The lowest BCUT2D eigenvalue weighted by molar-refractivity contribution is -0.136. The molecule has 0 spiro atoms. The molecule has 0 unspecified atom stereocenters. The first-order chi connectivity index (χ1) is 11.1. The van der Waals surface area contributed by atoms with Crippen LogP contribution in [-0.4, -0.2) is 73.7 Å². The van der Waals surface area contributed by atoms with Crippen LogP contribution >= 0.6 is 0 Å². The Bertz CT molecular complexity index is 544. The molecule has 0 saturated carbocycles. The predicted octanol–water partition coefficient (Wildman–Crippen LogP) is 0.0904. The van der Waals surface area contributed by atoms with Gasteiger partial charge in [-0.15, -0.1) is 0 Å². The van der Waals surface area contributed by atoms with Gasteiger partial charge in [-0.2, -0.15) is 0 Å². The monoisotopic (exact) mass is 322 g/mol. The van der Waals surface area contributed by atoms with Crippen molar-refractivity contribution in [2.75, 3.05) is 47.0 Å². The zero-order valence-electron chi connectivity index (χ0n) is 13.4. The molecule has 0 atom stereocenters. The predicted molar refractivity (Wildman–Crippen MR) is 83.1 cm³/mol. The summed E-state index contributed by atoms with van der Waals surface area (Å²) in [6.07, 6.45) is 0. The number of hydrogen-bond acceptors (Lipinski definition) is 5. The van der Waals surface area contributed by atoms with Gasteiger partial charge in [0.05, 0.1) is 19.3 Å². The van der Waals surface area contributed by atoms with E-state index in [9.17, 15) is 9.59 Å². The molecule has 0 aromatic carbocycles. The van der Waals surface area contributed by atoms with Gasteiger partial charge in [-0.3, -0.25) is 4.79 Å². The van der Waals surface area contributed by atoms with Crippen LogP contribution in [0.15, 0.2) is 18.2 Å². The molecule has 8 nitrogen and oxygen atoms in total. The van der Waals surface area contributed by atoms with Gasteiger partial charge >= 0.3 is 6.03 Å². The maximum Gasteiger partial charge on any atom is 0.317 e. The fourth-order valence-corrected chi connectivity index (χ4v) is 2.32. The minimum absolute atomic E-state index is 0.0480. The first-order valence-corrected chi connectivity index (χ1v) is 7.43. The number of urea groups is 1. The van der Waals surface area contributed by atoms with Crippen molar-refractivity contribution in [3.8, 4) is 5.88 Å². The minimum Gasteiger partial charge on any atom is -0.481 e. The van der Waals surface area contributed by atoms with Crippen molar-refractivity contribution in [2.45, 2.75) is 6.54 Å². The third kappa shape index (κ3) is 4.82. The molecule has 2 heterocycles.